The zero-order valence-corrected chi connectivity index (χ0v) is 18.2. The number of halogens is 2. The molecule has 0 atom stereocenters. The SMILES string of the molecule is O=C(CN1C(=O)CCc2cc(-c3cc(Cl)cc(Cl)c3)cnc21)N1Cc2ccccc2C1. The van der Waals surface area contributed by atoms with E-state index in [-0.39, 0.29) is 18.4 Å². The lowest BCUT2D eigenvalue weighted by Crippen LogP contribution is -2.43. The maximum absolute atomic E-state index is 13.0. The molecule has 0 aliphatic carbocycles. The van der Waals surface area contributed by atoms with Gasteiger partial charge >= 0.3 is 0 Å². The predicted octanol–water partition coefficient (Wildman–Crippen LogP) is 4.88. The molecule has 0 saturated carbocycles. The number of aromatic nitrogens is 1. The summed E-state index contributed by atoms with van der Waals surface area (Å²) in [5.74, 6) is 0.395. The van der Waals surface area contributed by atoms with Gasteiger partial charge in [0.1, 0.15) is 12.4 Å². The van der Waals surface area contributed by atoms with E-state index in [0.29, 0.717) is 41.8 Å². The van der Waals surface area contributed by atoms with E-state index in [1.54, 1.807) is 17.2 Å². The molecule has 2 aliphatic rings. The molecule has 0 fully saturated rings. The van der Waals surface area contributed by atoms with Gasteiger partial charge in [-0.2, -0.15) is 0 Å². The molecule has 0 spiro atoms. The average Bonchev–Trinajstić information content (AvgIpc) is 3.19. The highest BCUT2D eigenvalue weighted by Crippen LogP contribution is 2.32. The number of amides is 2. The van der Waals surface area contributed by atoms with Gasteiger partial charge < -0.3 is 4.90 Å². The first kappa shape index (κ1) is 20.0. The topological polar surface area (TPSA) is 53.5 Å². The number of carbonyl (C=O) groups excluding carboxylic acids is 2. The van der Waals surface area contributed by atoms with Crippen molar-refractivity contribution < 1.29 is 9.59 Å². The van der Waals surface area contributed by atoms with Crippen LogP contribution in [0.5, 0.6) is 0 Å². The number of hydrogen-bond acceptors (Lipinski definition) is 3. The first-order chi connectivity index (χ1) is 15.0. The van der Waals surface area contributed by atoms with Crippen molar-refractivity contribution >= 4 is 40.8 Å². The Labute approximate surface area is 190 Å². The lowest BCUT2D eigenvalue weighted by Gasteiger charge is -2.29. The van der Waals surface area contributed by atoms with Gasteiger partial charge in [-0.25, -0.2) is 4.98 Å². The van der Waals surface area contributed by atoms with Gasteiger partial charge in [0, 0.05) is 41.3 Å². The zero-order chi connectivity index (χ0) is 21.5. The fourth-order valence-corrected chi connectivity index (χ4v) is 4.74. The second-order valence-corrected chi connectivity index (χ2v) is 8.74. The summed E-state index contributed by atoms with van der Waals surface area (Å²) < 4.78 is 0. The van der Waals surface area contributed by atoms with Crippen LogP contribution in [0.1, 0.15) is 23.1 Å². The summed E-state index contributed by atoms with van der Waals surface area (Å²) in [6.45, 7) is 1.15. The van der Waals surface area contributed by atoms with E-state index >= 15 is 0 Å². The number of fused-ring (bicyclic) bond motifs is 2. The molecule has 5 rings (SSSR count). The summed E-state index contributed by atoms with van der Waals surface area (Å²) >= 11 is 12.3. The molecule has 2 amide bonds. The van der Waals surface area contributed by atoms with E-state index in [2.05, 4.69) is 4.98 Å². The molecule has 0 unspecified atom stereocenters. The Morgan fingerprint density at radius 3 is 2.26 bits per heavy atom. The van der Waals surface area contributed by atoms with Gasteiger partial charge in [0.25, 0.3) is 0 Å². The largest absolute Gasteiger partial charge is 0.332 e. The Balaban J connectivity index is 1.39. The van der Waals surface area contributed by atoms with Crippen LogP contribution in [-0.2, 0) is 29.1 Å². The van der Waals surface area contributed by atoms with Gasteiger partial charge in [-0.3, -0.25) is 14.5 Å². The monoisotopic (exact) mass is 451 g/mol. The molecular formula is C24H19Cl2N3O2. The van der Waals surface area contributed by atoms with Crippen molar-refractivity contribution in [3.8, 4) is 11.1 Å². The molecule has 0 saturated heterocycles. The van der Waals surface area contributed by atoms with Gasteiger partial charge in [-0.15, -0.1) is 0 Å². The summed E-state index contributed by atoms with van der Waals surface area (Å²) in [5, 5.41) is 1.10. The van der Waals surface area contributed by atoms with E-state index in [4.69, 9.17) is 23.2 Å². The predicted molar refractivity (Wildman–Crippen MR) is 121 cm³/mol. The van der Waals surface area contributed by atoms with Crippen molar-refractivity contribution in [3.63, 3.8) is 0 Å². The normalized spacial score (nSPS) is 15.1. The number of benzene rings is 2. The molecular weight excluding hydrogens is 433 g/mol. The lowest BCUT2D eigenvalue weighted by molar-refractivity contribution is -0.132. The molecule has 156 valence electrons. The lowest BCUT2D eigenvalue weighted by atomic mass is 10.00. The number of hydrogen-bond donors (Lipinski definition) is 0. The number of rotatable bonds is 3. The van der Waals surface area contributed by atoms with Gasteiger partial charge in [0.2, 0.25) is 11.8 Å². The number of anilines is 1. The number of aryl methyl sites for hydroxylation is 1. The van der Waals surface area contributed by atoms with Gasteiger partial charge in [0.05, 0.1) is 0 Å². The van der Waals surface area contributed by atoms with Crippen molar-refractivity contribution in [3.05, 3.63) is 81.5 Å². The van der Waals surface area contributed by atoms with Crippen molar-refractivity contribution in [1.82, 2.24) is 9.88 Å². The smallest absolute Gasteiger partial charge is 0.243 e. The first-order valence-corrected chi connectivity index (χ1v) is 10.8. The first-order valence-electron chi connectivity index (χ1n) is 10.1. The minimum Gasteiger partial charge on any atom is -0.332 e. The maximum atomic E-state index is 13.0. The summed E-state index contributed by atoms with van der Waals surface area (Å²) in [6.07, 6.45) is 2.63. The molecule has 7 heteroatoms. The van der Waals surface area contributed by atoms with Crippen LogP contribution in [0.15, 0.2) is 54.7 Å². The van der Waals surface area contributed by atoms with Crippen LogP contribution in [0, 0.1) is 0 Å². The molecule has 5 nitrogen and oxygen atoms in total. The highest BCUT2D eigenvalue weighted by molar-refractivity contribution is 6.35. The number of carbonyl (C=O) groups is 2. The third kappa shape index (κ3) is 3.91. The summed E-state index contributed by atoms with van der Waals surface area (Å²) in [7, 11) is 0. The molecule has 1 aromatic heterocycles. The molecule has 2 aliphatic heterocycles. The van der Waals surface area contributed by atoms with Crippen LogP contribution in [0.25, 0.3) is 11.1 Å². The van der Waals surface area contributed by atoms with Crippen molar-refractivity contribution in [2.24, 2.45) is 0 Å². The van der Waals surface area contributed by atoms with Crippen LogP contribution in [0.3, 0.4) is 0 Å². The van der Waals surface area contributed by atoms with Gasteiger partial charge in [0.15, 0.2) is 0 Å². The van der Waals surface area contributed by atoms with E-state index in [1.165, 1.54) is 4.90 Å². The molecule has 3 heterocycles. The van der Waals surface area contributed by atoms with E-state index < -0.39 is 0 Å². The number of nitrogens with zero attached hydrogens (tertiary/aromatic N) is 3. The van der Waals surface area contributed by atoms with Crippen LogP contribution in [-0.4, -0.2) is 28.2 Å². The summed E-state index contributed by atoms with van der Waals surface area (Å²) in [5.41, 5.74) is 4.99. The molecule has 0 N–H and O–H groups in total. The average molecular weight is 452 g/mol. The highest BCUT2D eigenvalue weighted by atomic mass is 35.5. The van der Waals surface area contributed by atoms with Crippen molar-refractivity contribution in [2.45, 2.75) is 25.9 Å². The fraction of sp³-hybridized carbons (Fsp3) is 0.208. The second kappa shape index (κ2) is 7.98. The molecule has 0 bridgehead atoms. The van der Waals surface area contributed by atoms with Gasteiger partial charge in [-0.05, 0) is 52.9 Å². The Morgan fingerprint density at radius 1 is 0.903 bits per heavy atom. The van der Waals surface area contributed by atoms with E-state index in [0.717, 1.165) is 27.8 Å². The molecule has 2 aromatic carbocycles. The van der Waals surface area contributed by atoms with Crippen LogP contribution in [0.2, 0.25) is 10.0 Å². The highest BCUT2D eigenvalue weighted by Gasteiger charge is 2.31. The van der Waals surface area contributed by atoms with Crippen molar-refractivity contribution in [1.29, 1.82) is 0 Å². The third-order valence-electron chi connectivity index (χ3n) is 5.79. The maximum Gasteiger partial charge on any atom is 0.243 e. The third-order valence-corrected chi connectivity index (χ3v) is 6.23. The second-order valence-electron chi connectivity index (χ2n) is 7.86. The Morgan fingerprint density at radius 2 is 1.58 bits per heavy atom. The quantitative estimate of drug-likeness (QED) is 0.570. The van der Waals surface area contributed by atoms with Crippen molar-refractivity contribution in [2.75, 3.05) is 11.4 Å². The molecule has 31 heavy (non-hydrogen) atoms. The van der Waals surface area contributed by atoms with Gasteiger partial charge in [-0.1, -0.05) is 47.5 Å². The van der Waals surface area contributed by atoms with E-state index in [9.17, 15) is 9.59 Å². The number of pyridine rings is 1. The van der Waals surface area contributed by atoms with Crippen LogP contribution in [0.4, 0.5) is 5.82 Å². The van der Waals surface area contributed by atoms with Crippen LogP contribution < -0.4 is 4.90 Å². The Hall–Kier alpha value is -2.89. The minimum atomic E-state index is -0.0800. The van der Waals surface area contributed by atoms with E-state index in [1.807, 2.05) is 42.5 Å². The Bertz CT molecular complexity index is 1170. The molecule has 0 radical (unpaired) electrons. The summed E-state index contributed by atoms with van der Waals surface area (Å²) in [4.78, 5) is 33.5. The van der Waals surface area contributed by atoms with Crippen LogP contribution >= 0.6 is 23.2 Å². The zero-order valence-electron chi connectivity index (χ0n) is 16.6. The standard InChI is InChI=1S/C24H19Cl2N3O2/c25-20-8-18(9-21(26)10-20)19-7-15-5-6-22(30)29(24(15)27-11-19)14-23(31)28-12-16-3-1-2-4-17(16)13-28/h1-4,7-11H,5-6,12-14H2. The Kier molecular flexibility index (Phi) is 5.16. The summed E-state index contributed by atoms with van der Waals surface area (Å²) in [6, 6.07) is 15.4. The minimum absolute atomic E-state index is 0.00480. The molecule has 3 aromatic rings. The fourth-order valence-electron chi connectivity index (χ4n) is 4.21.